The Bertz CT molecular complexity index is 1240. The number of aryl methyl sites for hydroxylation is 2. The summed E-state index contributed by atoms with van der Waals surface area (Å²) >= 11 is 0. The molecule has 0 radical (unpaired) electrons. The first-order valence-electron chi connectivity index (χ1n) is 13.5. The molecule has 210 valence electrons. The zero-order valence-corrected chi connectivity index (χ0v) is 23.2. The Morgan fingerprint density at radius 3 is 2.64 bits per heavy atom. The number of fused-ring (bicyclic) bond motifs is 2. The van der Waals surface area contributed by atoms with Crippen molar-refractivity contribution < 1.29 is 23.9 Å². The average Bonchev–Trinajstić information content (AvgIpc) is 3.50. The molecule has 4 amide bonds. The second kappa shape index (κ2) is 12.3. The number of likely N-dealkylation sites (N-methyl/N-ethyl adjacent to an activating group) is 1. The van der Waals surface area contributed by atoms with Crippen LogP contribution in [0.15, 0.2) is 24.3 Å². The fourth-order valence-electron chi connectivity index (χ4n) is 5.29. The van der Waals surface area contributed by atoms with Crippen molar-refractivity contribution >= 4 is 23.6 Å². The van der Waals surface area contributed by atoms with E-state index in [4.69, 9.17) is 4.74 Å². The van der Waals surface area contributed by atoms with Gasteiger partial charge in [0, 0.05) is 39.3 Å². The summed E-state index contributed by atoms with van der Waals surface area (Å²) in [7, 11) is 3.57. The number of rotatable bonds is 4. The number of ether oxygens (including phenoxy) is 1. The molecule has 11 heteroatoms. The fraction of sp³-hybridized carbons (Fsp3) is 0.536. The molecule has 0 spiro atoms. The zero-order chi connectivity index (χ0) is 28.1. The highest BCUT2D eigenvalue weighted by Crippen LogP contribution is 2.22. The number of carbonyl (C=O) groups excluding carboxylic acids is 4. The first-order valence-corrected chi connectivity index (χ1v) is 13.5. The minimum Gasteiger partial charge on any atom is -0.491 e. The molecule has 1 aromatic carbocycles. The molecule has 39 heavy (non-hydrogen) atoms. The lowest BCUT2D eigenvalue weighted by Crippen LogP contribution is -2.49. The topological polar surface area (TPSA) is 126 Å². The lowest BCUT2D eigenvalue weighted by molar-refractivity contribution is -0.143. The van der Waals surface area contributed by atoms with Crippen molar-refractivity contribution in [3.8, 4) is 5.75 Å². The van der Waals surface area contributed by atoms with E-state index in [0.29, 0.717) is 38.2 Å². The van der Waals surface area contributed by atoms with Crippen LogP contribution in [0.3, 0.4) is 0 Å². The molecule has 1 fully saturated rings. The minimum absolute atomic E-state index is 0.0326. The van der Waals surface area contributed by atoms with Gasteiger partial charge >= 0.3 is 0 Å². The quantitative estimate of drug-likeness (QED) is 0.601. The first-order chi connectivity index (χ1) is 18.7. The van der Waals surface area contributed by atoms with Gasteiger partial charge in [0.15, 0.2) is 0 Å². The molecule has 4 rings (SSSR count). The van der Waals surface area contributed by atoms with Crippen molar-refractivity contribution in [1.82, 2.24) is 30.2 Å². The predicted molar refractivity (Wildman–Crippen MR) is 144 cm³/mol. The molecule has 2 aliphatic heterocycles. The third-order valence-corrected chi connectivity index (χ3v) is 7.65. The van der Waals surface area contributed by atoms with Crippen molar-refractivity contribution in [3.63, 3.8) is 0 Å². The number of benzene rings is 1. The van der Waals surface area contributed by atoms with Crippen LogP contribution >= 0.6 is 0 Å². The highest BCUT2D eigenvalue weighted by atomic mass is 16.5. The number of hydrogen-bond donors (Lipinski definition) is 2. The molecule has 2 atom stereocenters. The highest BCUT2D eigenvalue weighted by Gasteiger charge is 2.36. The van der Waals surface area contributed by atoms with Gasteiger partial charge in [0.2, 0.25) is 17.7 Å². The van der Waals surface area contributed by atoms with Gasteiger partial charge in [0.1, 0.15) is 24.4 Å². The van der Waals surface area contributed by atoms with E-state index in [1.807, 2.05) is 25.6 Å². The minimum atomic E-state index is -0.935. The van der Waals surface area contributed by atoms with Gasteiger partial charge in [-0.2, -0.15) is 5.10 Å². The van der Waals surface area contributed by atoms with Crippen molar-refractivity contribution in [2.24, 2.45) is 7.05 Å². The largest absolute Gasteiger partial charge is 0.491 e. The summed E-state index contributed by atoms with van der Waals surface area (Å²) < 4.78 is 7.69. The number of nitrogens with zero attached hydrogens (tertiary/aromatic N) is 4. The normalized spacial score (nSPS) is 20.9. The number of carbonyl (C=O) groups is 4. The van der Waals surface area contributed by atoms with Gasteiger partial charge in [-0.3, -0.25) is 23.9 Å². The van der Waals surface area contributed by atoms with Crippen LogP contribution < -0.4 is 15.4 Å². The molecule has 0 aliphatic carbocycles. The summed E-state index contributed by atoms with van der Waals surface area (Å²) in [6.45, 7) is 5.28. The molecule has 2 aromatic rings. The molecule has 11 nitrogen and oxygen atoms in total. The van der Waals surface area contributed by atoms with Crippen LogP contribution in [0.2, 0.25) is 0 Å². The smallest absolute Gasteiger partial charge is 0.255 e. The SMILES string of the molecule is Cc1nn(C)c(C)c1CCNC(=O)[C@@H]1CCC(=O)N2CCC[C@H]2C(=O)N(C)CCOc2ccccc2C(=O)N1. The van der Waals surface area contributed by atoms with Crippen molar-refractivity contribution in [1.29, 1.82) is 0 Å². The Morgan fingerprint density at radius 1 is 1.13 bits per heavy atom. The standard InChI is InChI=1S/C28H38N6O5/c1-18-20(19(2)33(4)31-18)13-14-29-27(37)22-11-12-25(35)34-15-7-9-23(34)28(38)32(3)16-17-39-24-10-6-5-8-21(24)26(36)30-22/h5-6,8,10,22-23H,7,9,11-17H2,1-4H3,(H,29,37)(H,30,36)/t22-,23-/m0/s1. The van der Waals surface area contributed by atoms with E-state index in [1.54, 1.807) is 41.1 Å². The Morgan fingerprint density at radius 2 is 1.90 bits per heavy atom. The maximum absolute atomic E-state index is 13.3. The summed E-state index contributed by atoms with van der Waals surface area (Å²) in [5, 5.41) is 10.2. The number of nitrogens with one attached hydrogen (secondary N) is 2. The molecule has 0 unspecified atom stereocenters. The van der Waals surface area contributed by atoms with E-state index in [2.05, 4.69) is 15.7 Å². The van der Waals surface area contributed by atoms with E-state index in [-0.39, 0.29) is 42.7 Å². The Labute approximate surface area is 228 Å². The second-order valence-electron chi connectivity index (χ2n) is 10.2. The monoisotopic (exact) mass is 538 g/mol. The van der Waals surface area contributed by atoms with Crippen LogP contribution in [0.4, 0.5) is 0 Å². The molecule has 1 aromatic heterocycles. The number of amides is 4. The van der Waals surface area contributed by atoms with Crippen molar-refractivity contribution in [2.45, 2.75) is 58.0 Å². The molecular formula is C28H38N6O5. The van der Waals surface area contributed by atoms with Gasteiger partial charge in [-0.05, 0) is 57.2 Å². The molecular weight excluding hydrogens is 500 g/mol. The molecule has 1 saturated heterocycles. The van der Waals surface area contributed by atoms with E-state index in [0.717, 1.165) is 23.4 Å². The summed E-state index contributed by atoms with van der Waals surface area (Å²) in [6, 6.07) is 5.34. The van der Waals surface area contributed by atoms with Gasteiger partial charge in [-0.25, -0.2) is 0 Å². The summed E-state index contributed by atoms with van der Waals surface area (Å²) in [6.07, 6.45) is 2.08. The lowest BCUT2D eigenvalue weighted by Gasteiger charge is -2.28. The van der Waals surface area contributed by atoms with Crippen LogP contribution in [0.1, 0.15) is 53.0 Å². The van der Waals surface area contributed by atoms with E-state index >= 15 is 0 Å². The maximum Gasteiger partial charge on any atom is 0.255 e. The third-order valence-electron chi connectivity index (χ3n) is 7.65. The summed E-state index contributed by atoms with van der Waals surface area (Å²) in [4.78, 5) is 56.0. The van der Waals surface area contributed by atoms with Crippen LogP contribution in [-0.4, -0.2) is 88.6 Å². The summed E-state index contributed by atoms with van der Waals surface area (Å²) in [5.41, 5.74) is 3.30. The van der Waals surface area contributed by atoms with Gasteiger partial charge in [-0.1, -0.05) is 12.1 Å². The van der Waals surface area contributed by atoms with E-state index in [9.17, 15) is 19.2 Å². The summed E-state index contributed by atoms with van der Waals surface area (Å²) in [5.74, 6) is -0.787. The van der Waals surface area contributed by atoms with Gasteiger partial charge in [0.25, 0.3) is 5.91 Å². The number of hydrogen-bond acceptors (Lipinski definition) is 6. The van der Waals surface area contributed by atoms with Crippen molar-refractivity contribution in [3.05, 3.63) is 46.8 Å². The van der Waals surface area contributed by atoms with Crippen LogP contribution in [0.25, 0.3) is 0 Å². The molecule has 0 bridgehead atoms. The average molecular weight is 539 g/mol. The number of para-hydroxylation sites is 1. The van der Waals surface area contributed by atoms with Gasteiger partial charge in [-0.15, -0.1) is 0 Å². The predicted octanol–water partition coefficient (Wildman–Crippen LogP) is 1.12. The van der Waals surface area contributed by atoms with Crippen LogP contribution in [-0.2, 0) is 27.9 Å². The molecule has 2 aliphatic rings. The lowest BCUT2D eigenvalue weighted by atomic mass is 10.1. The Kier molecular flexibility index (Phi) is 8.88. The first kappa shape index (κ1) is 28.1. The Balaban J connectivity index is 1.53. The Hall–Kier alpha value is -3.89. The zero-order valence-electron chi connectivity index (χ0n) is 23.2. The third kappa shape index (κ3) is 6.40. The van der Waals surface area contributed by atoms with E-state index in [1.165, 1.54) is 0 Å². The highest BCUT2D eigenvalue weighted by molar-refractivity contribution is 5.99. The van der Waals surface area contributed by atoms with Gasteiger partial charge in [0.05, 0.1) is 17.8 Å². The molecule has 3 heterocycles. The van der Waals surface area contributed by atoms with Crippen LogP contribution in [0.5, 0.6) is 5.75 Å². The molecule has 0 saturated carbocycles. The van der Waals surface area contributed by atoms with E-state index < -0.39 is 18.0 Å². The van der Waals surface area contributed by atoms with Crippen LogP contribution in [0, 0.1) is 13.8 Å². The fourth-order valence-corrected chi connectivity index (χ4v) is 5.29. The maximum atomic E-state index is 13.3. The second-order valence-corrected chi connectivity index (χ2v) is 10.2. The van der Waals surface area contributed by atoms with Crippen molar-refractivity contribution in [2.75, 3.05) is 33.3 Å². The van der Waals surface area contributed by atoms with Gasteiger partial charge < -0.3 is 25.2 Å². The number of aromatic nitrogens is 2. The molecule has 2 N–H and O–H groups in total.